The number of H-pyrrole nitrogens is 2. The summed E-state index contributed by atoms with van der Waals surface area (Å²) in [7, 11) is 0. The maximum absolute atomic E-state index is 13.9. The number of imidazole rings is 1. The molecule has 4 aromatic rings. The third-order valence-electron chi connectivity index (χ3n) is 4.56. The molecule has 3 N–H and O–H groups in total. The van der Waals surface area contributed by atoms with E-state index < -0.39 is 0 Å². The van der Waals surface area contributed by atoms with Gasteiger partial charge in [-0.05, 0) is 41.8 Å². The van der Waals surface area contributed by atoms with Crippen LogP contribution in [0.4, 0.5) is 10.1 Å². The van der Waals surface area contributed by atoms with Crippen LogP contribution in [-0.2, 0) is 6.42 Å². The van der Waals surface area contributed by atoms with E-state index in [-0.39, 0.29) is 17.6 Å². The van der Waals surface area contributed by atoms with Gasteiger partial charge in [-0.25, -0.2) is 9.37 Å². The van der Waals surface area contributed by atoms with Crippen molar-refractivity contribution >= 4 is 22.6 Å². The SMILES string of the molecule is CC(C)c1cc(C(=O)Nc2ccc3nc(Cc4ccccc4F)[nH]c3c2)n[nH]1. The minimum Gasteiger partial charge on any atom is -0.342 e. The summed E-state index contributed by atoms with van der Waals surface area (Å²) >= 11 is 0. The van der Waals surface area contributed by atoms with Gasteiger partial charge in [-0.3, -0.25) is 9.89 Å². The lowest BCUT2D eigenvalue weighted by atomic mass is 10.1. The normalized spacial score (nSPS) is 11.3. The molecule has 0 aliphatic heterocycles. The van der Waals surface area contributed by atoms with E-state index in [1.54, 1.807) is 36.4 Å². The zero-order chi connectivity index (χ0) is 19.7. The molecule has 2 heterocycles. The maximum Gasteiger partial charge on any atom is 0.276 e. The average Bonchev–Trinajstić information content (AvgIpc) is 3.30. The summed E-state index contributed by atoms with van der Waals surface area (Å²) in [6.07, 6.45) is 0.369. The zero-order valence-corrected chi connectivity index (χ0v) is 15.6. The van der Waals surface area contributed by atoms with Crippen molar-refractivity contribution in [2.75, 3.05) is 5.32 Å². The lowest BCUT2D eigenvalue weighted by molar-refractivity contribution is 0.102. The summed E-state index contributed by atoms with van der Waals surface area (Å²) in [6, 6.07) is 13.8. The number of aromatic amines is 2. The molecule has 28 heavy (non-hydrogen) atoms. The second kappa shape index (κ2) is 7.26. The van der Waals surface area contributed by atoms with E-state index in [1.165, 1.54) is 6.07 Å². The monoisotopic (exact) mass is 377 g/mol. The number of carbonyl (C=O) groups is 1. The molecule has 6 nitrogen and oxygen atoms in total. The van der Waals surface area contributed by atoms with Crippen LogP contribution in [0.1, 0.15) is 47.3 Å². The molecule has 0 atom stereocenters. The number of rotatable bonds is 5. The fourth-order valence-corrected chi connectivity index (χ4v) is 2.99. The van der Waals surface area contributed by atoms with E-state index >= 15 is 0 Å². The summed E-state index contributed by atoms with van der Waals surface area (Å²) in [4.78, 5) is 20.1. The molecule has 2 aromatic carbocycles. The summed E-state index contributed by atoms with van der Waals surface area (Å²) < 4.78 is 13.9. The van der Waals surface area contributed by atoms with Crippen molar-refractivity contribution in [2.45, 2.75) is 26.2 Å². The fraction of sp³-hybridized carbons (Fsp3) is 0.190. The Morgan fingerprint density at radius 2 is 2.00 bits per heavy atom. The summed E-state index contributed by atoms with van der Waals surface area (Å²) in [5.74, 6) is 0.394. The molecule has 0 saturated carbocycles. The number of hydrogen-bond acceptors (Lipinski definition) is 3. The Kier molecular flexibility index (Phi) is 4.65. The molecule has 7 heteroatoms. The highest BCUT2D eigenvalue weighted by atomic mass is 19.1. The first-order valence-corrected chi connectivity index (χ1v) is 9.08. The van der Waals surface area contributed by atoms with Crippen molar-refractivity contribution in [1.29, 1.82) is 0 Å². The number of hydrogen-bond donors (Lipinski definition) is 3. The highest BCUT2D eigenvalue weighted by molar-refractivity contribution is 6.03. The molecular weight excluding hydrogens is 357 g/mol. The lowest BCUT2D eigenvalue weighted by Crippen LogP contribution is -2.12. The first-order valence-electron chi connectivity index (χ1n) is 9.08. The average molecular weight is 377 g/mol. The minimum absolute atomic E-state index is 0.254. The Morgan fingerprint density at radius 1 is 1.18 bits per heavy atom. The Balaban J connectivity index is 1.52. The topological polar surface area (TPSA) is 86.5 Å². The van der Waals surface area contributed by atoms with Gasteiger partial charge < -0.3 is 10.3 Å². The van der Waals surface area contributed by atoms with E-state index in [1.807, 2.05) is 19.9 Å². The number of amides is 1. The number of carbonyl (C=O) groups excluding carboxylic acids is 1. The van der Waals surface area contributed by atoms with E-state index in [0.717, 1.165) is 16.7 Å². The van der Waals surface area contributed by atoms with Crippen molar-refractivity contribution in [3.05, 3.63) is 77.1 Å². The Labute approximate surface area is 161 Å². The number of aromatic nitrogens is 4. The van der Waals surface area contributed by atoms with Crippen LogP contribution in [0.5, 0.6) is 0 Å². The number of nitrogens with one attached hydrogen (secondary N) is 3. The second-order valence-corrected chi connectivity index (χ2v) is 7.00. The summed E-state index contributed by atoms with van der Waals surface area (Å²) in [5, 5.41) is 9.78. The van der Waals surface area contributed by atoms with Crippen LogP contribution in [0.15, 0.2) is 48.5 Å². The molecule has 0 fully saturated rings. The highest BCUT2D eigenvalue weighted by Gasteiger charge is 2.13. The third-order valence-corrected chi connectivity index (χ3v) is 4.56. The van der Waals surface area contributed by atoms with Crippen LogP contribution < -0.4 is 5.32 Å². The molecule has 0 saturated heterocycles. The van der Waals surface area contributed by atoms with Gasteiger partial charge >= 0.3 is 0 Å². The highest BCUT2D eigenvalue weighted by Crippen LogP contribution is 2.20. The zero-order valence-electron chi connectivity index (χ0n) is 15.6. The van der Waals surface area contributed by atoms with Gasteiger partial charge in [0.25, 0.3) is 5.91 Å². The molecule has 0 aliphatic rings. The first-order chi connectivity index (χ1) is 13.5. The molecule has 0 radical (unpaired) electrons. The van der Waals surface area contributed by atoms with Crippen LogP contribution in [0, 0.1) is 5.82 Å². The first kappa shape index (κ1) is 17.9. The Hall–Kier alpha value is -3.48. The quantitative estimate of drug-likeness (QED) is 0.482. The predicted molar refractivity (Wildman–Crippen MR) is 106 cm³/mol. The molecule has 0 bridgehead atoms. The minimum atomic E-state index is -0.284. The van der Waals surface area contributed by atoms with E-state index in [2.05, 4.69) is 25.5 Å². The predicted octanol–water partition coefficient (Wildman–Crippen LogP) is 4.39. The number of halogens is 1. The molecule has 1 amide bonds. The van der Waals surface area contributed by atoms with Crippen LogP contribution >= 0.6 is 0 Å². The Bertz CT molecular complexity index is 1140. The van der Waals surface area contributed by atoms with Crippen LogP contribution in [-0.4, -0.2) is 26.1 Å². The second-order valence-electron chi connectivity index (χ2n) is 7.00. The van der Waals surface area contributed by atoms with Crippen molar-refractivity contribution < 1.29 is 9.18 Å². The van der Waals surface area contributed by atoms with E-state index in [9.17, 15) is 9.18 Å². The lowest BCUT2D eigenvalue weighted by Gasteiger charge is -2.02. The van der Waals surface area contributed by atoms with Crippen molar-refractivity contribution in [1.82, 2.24) is 20.2 Å². The third kappa shape index (κ3) is 3.64. The standard InChI is InChI=1S/C21H20FN5O/c1-12(2)17-11-19(27-26-17)21(28)23-14-7-8-16-18(10-14)25-20(24-16)9-13-5-3-4-6-15(13)22/h3-8,10-12H,9H2,1-2H3,(H,23,28)(H,24,25)(H,26,27). The van der Waals surface area contributed by atoms with Crippen molar-refractivity contribution in [3.8, 4) is 0 Å². The van der Waals surface area contributed by atoms with Crippen LogP contribution in [0.2, 0.25) is 0 Å². The molecule has 0 spiro atoms. The molecule has 4 rings (SSSR count). The van der Waals surface area contributed by atoms with Gasteiger partial charge in [0, 0.05) is 17.8 Å². The summed E-state index contributed by atoms with van der Waals surface area (Å²) in [5.41, 5.74) is 3.99. The van der Waals surface area contributed by atoms with Crippen LogP contribution in [0.25, 0.3) is 11.0 Å². The van der Waals surface area contributed by atoms with Gasteiger partial charge in [0.1, 0.15) is 11.6 Å². The van der Waals surface area contributed by atoms with Gasteiger partial charge in [-0.15, -0.1) is 0 Å². The Morgan fingerprint density at radius 3 is 2.75 bits per heavy atom. The molecule has 2 aromatic heterocycles. The smallest absolute Gasteiger partial charge is 0.276 e. The summed E-state index contributed by atoms with van der Waals surface area (Å²) in [6.45, 7) is 4.06. The van der Waals surface area contributed by atoms with Crippen LogP contribution in [0.3, 0.4) is 0 Å². The van der Waals surface area contributed by atoms with Gasteiger partial charge in [-0.1, -0.05) is 32.0 Å². The maximum atomic E-state index is 13.9. The number of nitrogens with zero attached hydrogens (tertiary/aromatic N) is 2. The molecule has 0 aliphatic carbocycles. The van der Waals surface area contributed by atoms with Gasteiger partial charge in [0.15, 0.2) is 5.69 Å². The number of anilines is 1. The van der Waals surface area contributed by atoms with Gasteiger partial charge in [-0.2, -0.15) is 5.10 Å². The van der Waals surface area contributed by atoms with E-state index in [4.69, 9.17) is 0 Å². The van der Waals surface area contributed by atoms with E-state index in [0.29, 0.717) is 29.2 Å². The van der Waals surface area contributed by atoms with Crippen molar-refractivity contribution in [3.63, 3.8) is 0 Å². The molecular formula is C21H20FN5O. The number of benzene rings is 2. The number of fused-ring (bicyclic) bond motifs is 1. The molecule has 142 valence electrons. The van der Waals surface area contributed by atoms with Gasteiger partial charge in [0.05, 0.1) is 11.0 Å². The van der Waals surface area contributed by atoms with Crippen molar-refractivity contribution in [2.24, 2.45) is 0 Å². The molecule has 0 unspecified atom stereocenters. The largest absolute Gasteiger partial charge is 0.342 e. The fourth-order valence-electron chi connectivity index (χ4n) is 2.99. The van der Waals surface area contributed by atoms with Gasteiger partial charge in [0.2, 0.25) is 0 Å².